The highest BCUT2D eigenvalue weighted by Crippen LogP contribution is 2.36. The normalized spacial score (nSPS) is 13.2. The molecule has 2 heteroatoms. The van der Waals surface area contributed by atoms with Gasteiger partial charge in [-0.05, 0) is 23.5 Å². The van der Waals surface area contributed by atoms with Crippen molar-refractivity contribution in [1.82, 2.24) is 0 Å². The molecular formula is C14H18O2. The van der Waals surface area contributed by atoms with Crippen LogP contribution in [0.3, 0.4) is 0 Å². The summed E-state index contributed by atoms with van der Waals surface area (Å²) in [7, 11) is 0. The van der Waals surface area contributed by atoms with Gasteiger partial charge in [0.15, 0.2) is 0 Å². The fourth-order valence-electron chi connectivity index (χ4n) is 1.92. The highest BCUT2D eigenvalue weighted by Gasteiger charge is 2.23. The quantitative estimate of drug-likeness (QED) is 0.770. The molecule has 0 saturated heterocycles. The Balaban J connectivity index is 3.40. The van der Waals surface area contributed by atoms with Crippen LogP contribution < -0.4 is 0 Å². The van der Waals surface area contributed by atoms with Crippen LogP contribution in [0.4, 0.5) is 0 Å². The lowest BCUT2D eigenvalue weighted by atomic mass is 9.79. The predicted octanol–water partition coefficient (Wildman–Crippen LogP) is 3.59. The first-order valence-corrected chi connectivity index (χ1v) is 5.34. The van der Waals surface area contributed by atoms with Crippen molar-refractivity contribution < 1.29 is 9.90 Å². The molecular weight excluding hydrogens is 200 g/mol. The second-order valence-electron chi connectivity index (χ2n) is 4.92. The molecule has 0 fully saturated rings. The van der Waals surface area contributed by atoms with Crippen molar-refractivity contribution in [2.24, 2.45) is 5.41 Å². The van der Waals surface area contributed by atoms with E-state index in [1.54, 1.807) is 6.92 Å². The maximum absolute atomic E-state index is 11.1. The largest absolute Gasteiger partial charge is 0.478 e. The van der Waals surface area contributed by atoms with Crippen LogP contribution >= 0.6 is 0 Å². The number of carboxylic acid groups (broad SMARTS) is 1. The third-order valence-electron chi connectivity index (χ3n) is 2.51. The topological polar surface area (TPSA) is 37.3 Å². The minimum atomic E-state index is -0.853. The lowest BCUT2D eigenvalue weighted by molar-refractivity contribution is -0.132. The van der Waals surface area contributed by atoms with E-state index < -0.39 is 5.97 Å². The van der Waals surface area contributed by atoms with E-state index in [9.17, 15) is 4.79 Å². The van der Waals surface area contributed by atoms with Crippen LogP contribution in [0.2, 0.25) is 0 Å². The molecule has 0 aliphatic rings. The molecule has 1 rings (SSSR count). The molecule has 0 bridgehead atoms. The van der Waals surface area contributed by atoms with Gasteiger partial charge in [0.2, 0.25) is 0 Å². The summed E-state index contributed by atoms with van der Waals surface area (Å²) in [6.07, 6.45) is 0. The SMILES string of the molecule is C/C(C(=O)O)=C(/c1ccccc1)C(C)(C)C. The third kappa shape index (κ3) is 2.72. The highest BCUT2D eigenvalue weighted by molar-refractivity contribution is 5.96. The molecule has 0 heterocycles. The summed E-state index contributed by atoms with van der Waals surface area (Å²) >= 11 is 0. The standard InChI is InChI=1S/C14H18O2/c1-10(13(15)16)12(14(2,3)4)11-8-6-5-7-9-11/h5-9H,1-4H3,(H,15,16)/b12-10+. The van der Waals surface area contributed by atoms with Crippen LogP contribution in [0.25, 0.3) is 5.57 Å². The molecule has 1 aromatic rings. The molecule has 16 heavy (non-hydrogen) atoms. The molecule has 0 unspecified atom stereocenters. The van der Waals surface area contributed by atoms with Crippen LogP contribution in [0, 0.1) is 5.41 Å². The smallest absolute Gasteiger partial charge is 0.331 e. The molecule has 0 saturated carbocycles. The van der Waals surface area contributed by atoms with Crippen molar-refractivity contribution in [3.63, 3.8) is 0 Å². The zero-order chi connectivity index (χ0) is 12.3. The fourth-order valence-corrected chi connectivity index (χ4v) is 1.92. The second kappa shape index (κ2) is 4.52. The summed E-state index contributed by atoms with van der Waals surface area (Å²) in [6.45, 7) is 7.75. The molecule has 0 aliphatic carbocycles. The third-order valence-corrected chi connectivity index (χ3v) is 2.51. The molecule has 0 atom stereocenters. The highest BCUT2D eigenvalue weighted by atomic mass is 16.4. The van der Waals surface area contributed by atoms with Crippen molar-refractivity contribution >= 4 is 11.5 Å². The molecule has 2 nitrogen and oxygen atoms in total. The van der Waals surface area contributed by atoms with E-state index in [2.05, 4.69) is 0 Å². The molecule has 86 valence electrons. The van der Waals surface area contributed by atoms with Gasteiger partial charge in [-0.3, -0.25) is 0 Å². The van der Waals surface area contributed by atoms with Gasteiger partial charge in [-0.25, -0.2) is 4.79 Å². The Morgan fingerprint density at radius 3 is 2.00 bits per heavy atom. The van der Waals surface area contributed by atoms with E-state index in [1.165, 1.54) is 0 Å². The Bertz CT molecular complexity index is 408. The Labute approximate surface area is 96.6 Å². The van der Waals surface area contributed by atoms with Gasteiger partial charge in [0.25, 0.3) is 0 Å². The molecule has 1 aromatic carbocycles. The Kier molecular flexibility index (Phi) is 3.53. The van der Waals surface area contributed by atoms with Crippen LogP contribution in [0.5, 0.6) is 0 Å². The molecule has 0 aromatic heterocycles. The maximum atomic E-state index is 11.1. The number of carbonyl (C=O) groups is 1. The van der Waals surface area contributed by atoms with E-state index in [-0.39, 0.29) is 5.41 Å². The minimum Gasteiger partial charge on any atom is -0.478 e. The molecule has 0 spiro atoms. The number of carboxylic acids is 1. The number of rotatable bonds is 2. The van der Waals surface area contributed by atoms with Crippen LogP contribution in [0.1, 0.15) is 33.3 Å². The zero-order valence-electron chi connectivity index (χ0n) is 10.2. The molecule has 0 radical (unpaired) electrons. The summed E-state index contributed by atoms with van der Waals surface area (Å²) in [4.78, 5) is 11.1. The summed E-state index contributed by atoms with van der Waals surface area (Å²) in [5.74, 6) is -0.853. The lowest BCUT2D eigenvalue weighted by Gasteiger charge is -2.25. The van der Waals surface area contributed by atoms with Crippen LogP contribution in [0.15, 0.2) is 35.9 Å². The van der Waals surface area contributed by atoms with Crippen molar-refractivity contribution in [3.05, 3.63) is 41.5 Å². The lowest BCUT2D eigenvalue weighted by Crippen LogP contribution is -2.14. The monoisotopic (exact) mass is 218 g/mol. The summed E-state index contributed by atoms with van der Waals surface area (Å²) in [6, 6.07) is 9.69. The Hall–Kier alpha value is -1.57. The van der Waals surface area contributed by atoms with Gasteiger partial charge < -0.3 is 5.11 Å². The first-order chi connectivity index (χ1) is 7.34. The summed E-state index contributed by atoms with van der Waals surface area (Å²) < 4.78 is 0. The molecule has 1 N–H and O–H groups in total. The van der Waals surface area contributed by atoms with Crippen LogP contribution in [-0.4, -0.2) is 11.1 Å². The number of hydrogen-bond acceptors (Lipinski definition) is 1. The number of benzene rings is 1. The minimum absolute atomic E-state index is 0.177. The number of allylic oxidation sites excluding steroid dienone is 1. The predicted molar refractivity (Wildman–Crippen MR) is 66.1 cm³/mol. The zero-order valence-corrected chi connectivity index (χ0v) is 10.2. The Morgan fingerprint density at radius 1 is 1.12 bits per heavy atom. The maximum Gasteiger partial charge on any atom is 0.331 e. The second-order valence-corrected chi connectivity index (χ2v) is 4.92. The average Bonchev–Trinajstić information content (AvgIpc) is 2.17. The van der Waals surface area contributed by atoms with E-state index in [0.29, 0.717) is 5.57 Å². The summed E-state index contributed by atoms with van der Waals surface area (Å²) in [5, 5.41) is 9.12. The first kappa shape index (κ1) is 12.5. The van der Waals surface area contributed by atoms with Gasteiger partial charge in [-0.1, -0.05) is 51.1 Å². The van der Waals surface area contributed by atoms with E-state index in [0.717, 1.165) is 11.1 Å². The van der Waals surface area contributed by atoms with Gasteiger partial charge >= 0.3 is 5.97 Å². The van der Waals surface area contributed by atoms with Crippen molar-refractivity contribution in [2.45, 2.75) is 27.7 Å². The van der Waals surface area contributed by atoms with Gasteiger partial charge in [0.05, 0.1) is 0 Å². The fraction of sp³-hybridized carbons (Fsp3) is 0.357. The van der Waals surface area contributed by atoms with Crippen molar-refractivity contribution in [3.8, 4) is 0 Å². The van der Waals surface area contributed by atoms with Gasteiger partial charge in [-0.2, -0.15) is 0 Å². The first-order valence-electron chi connectivity index (χ1n) is 5.34. The van der Waals surface area contributed by atoms with E-state index in [1.807, 2.05) is 51.1 Å². The Morgan fingerprint density at radius 2 is 1.62 bits per heavy atom. The molecule has 0 amide bonds. The van der Waals surface area contributed by atoms with Gasteiger partial charge in [0.1, 0.15) is 0 Å². The van der Waals surface area contributed by atoms with Crippen molar-refractivity contribution in [2.75, 3.05) is 0 Å². The average molecular weight is 218 g/mol. The van der Waals surface area contributed by atoms with E-state index >= 15 is 0 Å². The summed E-state index contributed by atoms with van der Waals surface area (Å²) in [5.41, 5.74) is 2.11. The van der Waals surface area contributed by atoms with Crippen molar-refractivity contribution in [1.29, 1.82) is 0 Å². The van der Waals surface area contributed by atoms with Gasteiger partial charge in [0, 0.05) is 5.57 Å². The van der Waals surface area contributed by atoms with Crippen LogP contribution in [-0.2, 0) is 4.79 Å². The number of aliphatic carboxylic acids is 1. The van der Waals surface area contributed by atoms with Gasteiger partial charge in [-0.15, -0.1) is 0 Å². The molecule has 0 aliphatic heterocycles. The van der Waals surface area contributed by atoms with E-state index in [4.69, 9.17) is 5.11 Å². The number of hydrogen-bond donors (Lipinski definition) is 1.